The molecule has 26 heavy (non-hydrogen) atoms. The molecular weight excluding hydrogens is 346 g/mol. The highest BCUT2D eigenvalue weighted by Gasteiger charge is 2.41. The largest absolute Gasteiger partial charge is 0.381 e. The summed E-state index contributed by atoms with van der Waals surface area (Å²) in [7, 11) is 0. The molecule has 4 rings (SSSR count). The zero-order valence-electron chi connectivity index (χ0n) is 14.5. The summed E-state index contributed by atoms with van der Waals surface area (Å²) in [5, 5.41) is 4.29. The predicted octanol–water partition coefficient (Wildman–Crippen LogP) is 5.25. The van der Waals surface area contributed by atoms with Gasteiger partial charge in [0.15, 0.2) is 5.69 Å². The van der Waals surface area contributed by atoms with Crippen molar-refractivity contribution in [2.24, 2.45) is 10.4 Å². The van der Waals surface area contributed by atoms with Crippen molar-refractivity contribution in [3.63, 3.8) is 0 Å². The Morgan fingerprint density at radius 3 is 2.81 bits per heavy atom. The number of rotatable bonds is 2. The van der Waals surface area contributed by atoms with Crippen molar-refractivity contribution < 1.29 is 4.74 Å². The predicted molar refractivity (Wildman–Crippen MR) is 105 cm³/mol. The molecule has 2 heterocycles. The first kappa shape index (κ1) is 17.1. The van der Waals surface area contributed by atoms with E-state index >= 15 is 0 Å². The second-order valence-electron chi connectivity index (χ2n) is 6.94. The van der Waals surface area contributed by atoms with Gasteiger partial charge in [-0.25, -0.2) is 4.85 Å². The Labute approximate surface area is 158 Å². The molecule has 132 valence electrons. The molecule has 0 aromatic heterocycles. The minimum absolute atomic E-state index is 0.0372. The molecule has 2 aliphatic heterocycles. The molecule has 0 aliphatic carbocycles. The summed E-state index contributed by atoms with van der Waals surface area (Å²) in [6.45, 7) is 9.35. The van der Waals surface area contributed by atoms with Crippen LogP contribution in [0.4, 0.5) is 11.4 Å². The zero-order valence-corrected chi connectivity index (χ0v) is 15.2. The number of ether oxygens (including phenoxy) is 1. The van der Waals surface area contributed by atoms with E-state index < -0.39 is 0 Å². The Morgan fingerprint density at radius 2 is 2.04 bits per heavy atom. The molecule has 0 radical (unpaired) electrons. The van der Waals surface area contributed by atoms with Crippen LogP contribution in [-0.2, 0) is 17.7 Å². The summed E-state index contributed by atoms with van der Waals surface area (Å²) in [6.07, 6.45) is 2.78. The van der Waals surface area contributed by atoms with Crippen molar-refractivity contribution in [1.29, 1.82) is 0 Å². The van der Waals surface area contributed by atoms with Crippen molar-refractivity contribution in [3.8, 4) is 0 Å². The molecule has 5 heteroatoms. The van der Waals surface area contributed by atoms with E-state index in [1.807, 2.05) is 42.5 Å². The molecule has 0 amide bonds. The van der Waals surface area contributed by atoms with Crippen LogP contribution in [0.15, 0.2) is 47.5 Å². The fourth-order valence-electron chi connectivity index (χ4n) is 3.81. The van der Waals surface area contributed by atoms with Gasteiger partial charge in [-0.1, -0.05) is 35.9 Å². The monoisotopic (exact) mass is 365 g/mol. The van der Waals surface area contributed by atoms with E-state index in [0.29, 0.717) is 12.2 Å². The van der Waals surface area contributed by atoms with Gasteiger partial charge in [0.1, 0.15) is 5.84 Å². The van der Waals surface area contributed by atoms with Gasteiger partial charge >= 0.3 is 0 Å². The highest BCUT2D eigenvalue weighted by Crippen LogP contribution is 2.42. The first-order chi connectivity index (χ1) is 12.7. The smallest absolute Gasteiger partial charge is 0.187 e. The summed E-state index contributed by atoms with van der Waals surface area (Å²) >= 11 is 6.10. The summed E-state index contributed by atoms with van der Waals surface area (Å²) in [5.41, 5.74) is 4.00. The van der Waals surface area contributed by atoms with Crippen LogP contribution < -0.4 is 5.32 Å². The maximum atomic E-state index is 7.27. The summed E-state index contributed by atoms with van der Waals surface area (Å²) in [6, 6.07) is 13.7. The van der Waals surface area contributed by atoms with Gasteiger partial charge in [-0.3, -0.25) is 4.99 Å². The lowest BCUT2D eigenvalue weighted by molar-refractivity contribution is 0.0449. The van der Waals surface area contributed by atoms with Crippen LogP contribution >= 0.6 is 11.6 Å². The number of nitrogens with zero attached hydrogens (tertiary/aromatic N) is 2. The average Bonchev–Trinajstić information content (AvgIpc) is 2.66. The van der Waals surface area contributed by atoms with Crippen LogP contribution in [0.5, 0.6) is 0 Å². The van der Waals surface area contributed by atoms with Gasteiger partial charge in [0.05, 0.1) is 13.1 Å². The minimum atomic E-state index is -0.0372. The molecule has 0 saturated carbocycles. The lowest BCUT2D eigenvalue weighted by Crippen LogP contribution is -2.45. The van der Waals surface area contributed by atoms with Crippen molar-refractivity contribution in [2.75, 3.05) is 18.5 Å². The maximum Gasteiger partial charge on any atom is 0.187 e. The standard InChI is InChI=1S/C21H20ClN3O/c1-23-18-5-6-19-16(12-18)13-21(7-9-26-10-8-21)20(25-19)24-14-15-3-2-4-17(22)11-15/h2-6,11-12H,7-10,13-14H2,(H,24,25). The van der Waals surface area contributed by atoms with Gasteiger partial charge < -0.3 is 10.1 Å². The lowest BCUT2D eigenvalue weighted by atomic mass is 9.71. The quantitative estimate of drug-likeness (QED) is 0.737. The zero-order chi connectivity index (χ0) is 18.0. The van der Waals surface area contributed by atoms with Crippen LogP contribution in [-0.4, -0.2) is 19.0 Å². The topological polar surface area (TPSA) is 38.0 Å². The number of hydrogen-bond acceptors (Lipinski definition) is 2. The molecule has 1 N–H and O–H groups in total. The Bertz CT molecular complexity index is 894. The summed E-state index contributed by atoms with van der Waals surface area (Å²) in [5.74, 6) is 1.03. The second kappa shape index (κ2) is 7.11. The molecule has 1 saturated heterocycles. The van der Waals surface area contributed by atoms with Crippen molar-refractivity contribution >= 4 is 28.8 Å². The third kappa shape index (κ3) is 3.33. The third-order valence-electron chi connectivity index (χ3n) is 5.26. The van der Waals surface area contributed by atoms with Gasteiger partial charge in [0.25, 0.3) is 0 Å². The highest BCUT2D eigenvalue weighted by atomic mass is 35.5. The molecule has 4 nitrogen and oxygen atoms in total. The van der Waals surface area contributed by atoms with Crippen LogP contribution in [0.2, 0.25) is 5.02 Å². The van der Waals surface area contributed by atoms with Gasteiger partial charge in [-0.15, -0.1) is 0 Å². The summed E-state index contributed by atoms with van der Waals surface area (Å²) < 4.78 is 5.61. The van der Waals surface area contributed by atoms with E-state index in [4.69, 9.17) is 27.9 Å². The SMILES string of the molecule is [C-]#[N+]c1ccc2c(c1)CC1(CCOCC1)C(=NCc1cccc(Cl)c1)N2. The Balaban J connectivity index is 1.68. The van der Waals surface area contributed by atoms with Gasteiger partial charge in [0, 0.05) is 29.3 Å². The number of halogens is 1. The first-order valence-electron chi connectivity index (χ1n) is 8.83. The van der Waals surface area contributed by atoms with E-state index in [0.717, 1.165) is 54.6 Å². The second-order valence-corrected chi connectivity index (χ2v) is 7.38. The van der Waals surface area contributed by atoms with Crippen molar-refractivity contribution in [3.05, 3.63) is 70.0 Å². The van der Waals surface area contributed by atoms with Crippen LogP contribution in [0, 0.1) is 12.0 Å². The number of aliphatic imine (C=N–C) groups is 1. The molecule has 0 unspecified atom stereocenters. The van der Waals surface area contributed by atoms with E-state index in [1.54, 1.807) is 0 Å². The Hall–Kier alpha value is -2.35. The molecule has 2 aromatic carbocycles. The number of fused-ring (bicyclic) bond motifs is 1. The van der Waals surface area contributed by atoms with Crippen LogP contribution in [0.3, 0.4) is 0 Å². The van der Waals surface area contributed by atoms with Crippen LogP contribution in [0.1, 0.15) is 24.0 Å². The van der Waals surface area contributed by atoms with Crippen molar-refractivity contribution in [1.82, 2.24) is 0 Å². The van der Waals surface area contributed by atoms with E-state index in [9.17, 15) is 0 Å². The number of benzene rings is 2. The van der Waals surface area contributed by atoms with Gasteiger partial charge in [-0.05, 0) is 48.6 Å². The molecule has 0 bridgehead atoms. The lowest BCUT2D eigenvalue weighted by Gasteiger charge is -2.42. The summed E-state index contributed by atoms with van der Waals surface area (Å²) in [4.78, 5) is 8.51. The maximum absolute atomic E-state index is 7.27. The normalized spacial score (nSPS) is 19.6. The molecule has 1 spiro atoms. The van der Waals surface area contributed by atoms with Crippen LogP contribution in [0.25, 0.3) is 4.85 Å². The molecule has 0 atom stereocenters. The molecule has 2 aromatic rings. The molecule has 2 aliphatic rings. The first-order valence-corrected chi connectivity index (χ1v) is 9.21. The number of hydrogen-bond donors (Lipinski definition) is 1. The Kier molecular flexibility index (Phi) is 4.67. The van der Waals surface area contributed by atoms with Gasteiger partial charge in [-0.2, -0.15) is 0 Å². The number of anilines is 1. The van der Waals surface area contributed by atoms with E-state index in [-0.39, 0.29) is 5.41 Å². The van der Waals surface area contributed by atoms with Gasteiger partial charge in [0.2, 0.25) is 0 Å². The van der Waals surface area contributed by atoms with E-state index in [1.165, 1.54) is 5.56 Å². The fourth-order valence-corrected chi connectivity index (χ4v) is 4.03. The Morgan fingerprint density at radius 1 is 1.19 bits per heavy atom. The number of nitrogens with one attached hydrogen (secondary N) is 1. The highest BCUT2D eigenvalue weighted by molar-refractivity contribution is 6.30. The minimum Gasteiger partial charge on any atom is -0.381 e. The fraction of sp³-hybridized carbons (Fsp3) is 0.333. The van der Waals surface area contributed by atoms with Crippen molar-refractivity contribution in [2.45, 2.75) is 25.8 Å². The number of amidine groups is 1. The molecule has 1 fully saturated rings. The average molecular weight is 366 g/mol. The molecular formula is C21H20ClN3O. The van der Waals surface area contributed by atoms with E-state index in [2.05, 4.69) is 10.2 Å². The third-order valence-corrected chi connectivity index (χ3v) is 5.50.